The number of carbonyl (C=O) groups excluding carboxylic acids is 1. The lowest BCUT2D eigenvalue weighted by molar-refractivity contribution is 0.0601. The topological polar surface area (TPSA) is 88.7 Å². The molecule has 1 unspecified atom stereocenters. The van der Waals surface area contributed by atoms with Crippen LogP contribution in [0.5, 0.6) is 0 Å². The van der Waals surface area contributed by atoms with E-state index >= 15 is 0 Å². The molecule has 0 aliphatic heterocycles. The molecule has 17 heavy (non-hydrogen) atoms. The molecule has 0 aromatic carbocycles. The third-order valence-electron chi connectivity index (χ3n) is 2.19. The molecule has 0 aliphatic rings. The molecule has 0 saturated carbocycles. The number of hydrogen-bond donors (Lipinski definition) is 2. The van der Waals surface area contributed by atoms with E-state index in [0.29, 0.717) is 18.1 Å². The number of aromatic nitrogens is 1. The van der Waals surface area contributed by atoms with Gasteiger partial charge in [-0.05, 0) is 13.0 Å². The number of aliphatic hydroxyl groups excluding tert-OH is 1. The van der Waals surface area contributed by atoms with E-state index in [1.54, 1.807) is 18.9 Å². The number of esters is 1. The van der Waals surface area contributed by atoms with Crippen molar-refractivity contribution in [3.63, 3.8) is 0 Å². The van der Waals surface area contributed by atoms with Gasteiger partial charge in [0.1, 0.15) is 11.4 Å². The Kier molecular flexibility index (Phi) is 4.28. The van der Waals surface area contributed by atoms with Crippen molar-refractivity contribution >= 4 is 17.5 Å². The summed E-state index contributed by atoms with van der Waals surface area (Å²) in [5.74, 6) is -0.0656. The first-order chi connectivity index (χ1) is 7.95. The molecular formula is C11H17N3O3. The summed E-state index contributed by atoms with van der Waals surface area (Å²) < 4.78 is 4.66. The predicted molar refractivity (Wildman–Crippen MR) is 64.9 cm³/mol. The molecule has 0 spiro atoms. The molecule has 6 nitrogen and oxygen atoms in total. The van der Waals surface area contributed by atoms with E-state index in [9.17, 15) is 9.90 Å². The van der Waals surface area contributed by atoms with E-state index in [4.69, 9.17) is 5.73 Å². The fourth-order valence-corrected chi connectivity index (χ4v) is 1.52. The number of nitrogens with zero attached hydrogens (tertiary/aromatic N) is 2. The Morgan fingerprint density at radius 3 is 2.88 bits per heavy atom. The van der Waals surface area contributed by atoms with Crippen LogP contribution in [0, 0.1) is 0 Å². The average molecular weight is 239 g/mol. The Bertz CT molecular complexity index is 407. The van der Waals surface area contributed by atoms with Crippen molar-refractivity contribution in [2.45, 2.75) is 13.0 Å². The fourth-order valence-electron chi connectivity index (χ4n) is 1.52. The number of carbonyl (C=O) groups is 1. The number of rotatable bonds is 4. The van der Waals surface area contributed by atoms with E-state index in [1.165, 1.54) is 19.4 Å². The van der Waals surface area contributed by atoms with Gasteiger partial charge in [-0.1, -0.05) is 0 Å². The Labute approximate surface area is 100 Å². The van der Waals surface area contributed by atoms with Gasteiger partial charge in [-0.2, -0.15) is 0 Å². The van der Waals surface area contributed by atoms with Gasteiger partial charge in [-0.3, -0.25) is 0 Å². The van der Waals surface area contributed by atoms with Crippen LogP contribution in [0.15, 0.2) is 12.3 Å². The van der Waals surface area contributed by atoms with Gasteiger partial charge in [0.25, 0.3) is 0 Å². The highest BCUT2D eigenvalue weighted by Gasteiger charge is 2.17. The summed E-state index contributed by atoms with van der Waals surface area (Å²) in [7, 11) is 3.03. The maximum Gasteiger partial charge on any atom is 0.341 e. The molecule has 1 aromatic rings. The molecule has 3 N–H and O–H groups in total. The van der Waals surface area contributed by atoms with Crippen molar-refractivity contribution in [2.75, 3.05) is 31.3 Å². The monoisotopic (exact) mass is 239 g/mol. The average Bonchev–Trinajstić information content (AvgIpc) is 2.26. The number of nitrogen functional groups attached to an aromatic ring is 1. The third kappa shape index (κ3) is 3.32. The maximum absolute atomic E-state index is 11.6. The Hall–Kier alpha value is -1.82. The third-order valence-corrected chi connectivity index (χ3v) is 2.19. The highest BCUT2D eigenvalue weighted by atomic mass is 16.5. The summed E-state index contributed by atoms with van der Waals surface area (Å²) in [6.07, 6.45) is 0.935. The number of nitrogens with two attached hydrogens (primary N) is 1. The van der Waals surface area contributed by atoms with Crippen LogP contribution in [0.1, 0.15) is 17.3 Å². The van der Waals surface area contributed by atoms with Crippen molar-refractivity contribution < 1.29 is 14.6 Å². The first-order valence-electron chi connectivity index (χ1n) is 5.18. The fraction of sp³-hybridized carbons (Fsp3) is 0.455. The van der Waals surface area contributed by atoms with Crippen molar-refractivity contribution in [1.29, 1.82) is 0 Å². The van der Waals surface area contributed by atoms with Gasteiger partial charge in [-0.25, -0.2) is 9.78 Å². The summed E-state index contributed by atoms with van der Waals surface area (Å²) in [5.41, 5.74) is 6.26. The minimum absolute atomic E-state index is 0.288. The minimum Gasteiger partial charge on any atom is -0.465 e. The second kappa shape index (κ2) is 5.49. The summed E-state index contributed by atoms with van der Waals surface area (Å²) in [5, 5.41) is 9.32. The van der Waals surface area contributed by atoms with Gasteiger partial charge < -0.3 is 20.5 Å². The second-order valence-corrected chi connectivity index (χ2v) is 3.86. The number of anilines is 2. The first kappa shape index (κ1) is 13.2. The van der Waals surface area contributed by atoms with E-state index in [2.05, 4.69) is 9.72 Å². The van der Waals surface area contributed by atoms with E-state index in [-0.39, 0.29) is 5.56 Å². The number of hydrogen-bond acceptors (Lipinski definition) is 6. The molecule has 0 bridgehead atoms. The van der Waals surface area contributed by atoms with Crippen LogP contribution in [0.2, 0.25) is 0 Å². The van der Waals surface area contributed by atoms with Crippen molar-refractivity contribution in [2.24, 2.45) is 0 Å². The molecule has 1 rings (SSSR count). The molecule has 0 saturated heterocycles. The highest BCUT2D eigenvalue weighted by Crippen LogP contribution is 2.20. The lowest BCUT2D eigenvalue weighted by Crippen LogP contribution is -2.29. The van der Waals surface area contributed by atoms with Gasteiger partial charge in [-0.15, -0.1) is 0 Å². The van der Waals surface area contributed by atoms with Crippen molar-refractivity contribution in [3.8, 4) is 0 Å². The quantitative estimate of drug-likeness (QED) is 0.733. The molecular weight excluding hydrogens is 222 g/mol. The number of aliphatic hydroxyl groups is 1. The van der Waals surface area contributed by atoms with E-state index in [1.807, 2.05) is 0 Å². The summed E-state index contributed by atoms with van der Waals surface area (Å²) in [6, 6.07) is 1.51. The van der Waals surface area contributed by atoms with Crippen LogP contribution in [-0.2, 0) is 4.74 Å². The molecule has 0 amide bonds. The van der Waals surface area contributed by atoms with Crippen LogP contribution in [-0.4, -0.2) is 42.9 Å². The highest BCUT2D eigenvalue weighted by molar-refractivity contribution is 5.95. The Balaban J connectivity index is 3.09. The smallest absolute Gasteiger partial charge is 0.341 e. The molecule has 1 heterocycles. The zero-order valence-electron chi connectivity index (χ0n) is 10.2. The van der Waals surface area contributed by atoms with Crippen molar-refractivity contribution in [1.82, 2.24) is 4.98 Å². The van der Waals surface area contributed by atoms with Gasteiger partial charge in [0, 0.05) is 13.6 Å². The predicted octanol–water partition coefficient (Wildman–Crippen LogP) is 0.267. The molecule has 0 aliphatic carbocycles. The molecule has 0 fully saturated rings. The number of likely N-dealkylation sites (N-methyl/N-ethyl adjacent to an activating group) is 1. The van der Waals surface area contributed by atoms with Crippen LogP contribution < -0.4 is 10.6 Å². The number of pyridine rings is 1. The second-order valence-electron chi connectivity index (χ2n) is 3.86. The zero-order valence-corrected chi connectivity index (χ0v) is 10.2. The summed E-state index contributed by atoms with van der Waals surface area (Å²) in [4.78, 5) is 17.3. The molecule has 94 valence electrons. The van der Waals surface area contributed by atoms with Gasteiger partial charge >= 0.3 is 5.97 Å². The lowest BCUT2D eigenvalue weighted by atomic mass is 10.2. The minimum atomic E-state index is -0.523. The van der Waals surface area contributed by atoms with Crippen LogP contribution >= 0.6 is 0 Å². The maximum atomic E-state index is 11.6. The SMILES string of the molecule is COC(=O)c1cc(N)cnc1N(C)CC(C)O. The molecule has 6 heteroatoms. The standard InChI is InChI=1S/C11H17N3O3/c1-7(15)6-14(2)10-9(11(16)17-3)4-8(12)5-13-10/h4-5,7,15H,6,12H2,1-3H3. The lowest BCUT2D eigenvalue weighted by Gasteiger charge is -2.21. The van der Waals surface area contributed by atoms with Crippen LogP contribution in [0.25, 0.3) is 0 Å². The van der Waals surface area contributed by atoms with Crippen LogP contribution in [0.4, 0.5) is 11.5 Å². The molecule has 0 radical (unpaired) electrons. The molecule has 1 atom stereocenters. The van der Waals surface area contributed by atoms with Crippen LogP contribution in [0.3, 0.4) is 0 Å². The van der Waals surface area contributed by atoms with Gasteiger partial charge in [0.05, 0.1) is 25.1 Å². The number of ether oxygens (including phenoxy) is 1. The van der Waals surface area contributed by atoms with Gasteiger partial charge in [0.15, 0.2) is 0 Å². The first-order valence-corrected chi connectivity index (χ1v) is 5.18. The van der Waals surface area contributed by atoms with E-state index in [0.717, 1.165) is 0 Å². The van der Waals surface area contributed by atoms with Gasteiger partial charge in [0.2, 0.25) is 0 Å². The van der Waals surface area contributed by atoms with Crippen molar-refractivity contribution in [3.05, 3.63) is 17.8 Å². The zero-order chi connectivity index (χ0) is 13.0. The number of methoxy groups -OCH3 is 1. The Morgan fingerprint density at radius 2 is 2.35 bits per heavy atom. The normalized spacial score (nSPS) is 12.0. The molecule has 1 aromatic heterocycles. The largest absolute Gasteiger partial charge is 0.465 e. The summed E-state index contributed by atoms with van der Waals surface area (Å²) >= 11 is 0. The van der Waals surface area contributed by atoms with E-state index < -0.39 is 12.1 Å². The summed E-state index contributed by atoms with van der Waals surface area (Å²) in [6.45, 7) is 2.02. The Morgan fingerprint density at radius 1 is 1.71 bits per heavy atom.